The van der Waals surface area contributed by atoms with Crippen molar-refractivity contribution in [3.05, 3.63) is 32.8 Å². The van der Waals surface area contributed by atoms with Crippen molar-refractivity contribution in [3.63, 3.8) is 0 Å². The topological polar surface area (TPSA) is 115 Å². The standard InChI is InChI=1S/C12H18BrN3O4S/c1-8(2)5-10(7-14)15-21(19,20)12-6-9(13)3-4-11(12)16(17)18/h3-4,6,8,10,15H,5,7,14H2,1-2H3. The van der Waals surface area contributed by atoms with Crippen LogP contribution in [0.1, 0.15) is 20.3 Å². The van der Waals surface area contributed by atoms with Gasteiger partial charge in [0.05, 0.1) is 4.92 Å². The second kappa shape index (κ2) is 7.30. The van der Waals surface area contributed by atoms with Crippen LogP contribution in [0.5, 0.6) is 0 Å². The second-order valence-corrected chi connectivity index (χ2v) is 7.65. The Morgan fingerprint density at radius 1 is 1.43 bits per heavy atom. The van der Waals surface area contributed by atoms with Gasteiger partial charge in [-0.2, -0.15) is 0 Å². The van der Waals surface area contributed by atoms with Gasteiger partial charge in [-0.05, 0) is 24.5 Å². The van der Waals surface area contributed by atoms with Crippen LogP contribution in [0.3, 0.4) is 0 Å². The van der Waals surface area contributed by atoms with Crippen molar-refractivity contribution >= 4 is 31.6 Å². The van der Waals surface area contributed by atoms with E-state index in [4.69, 9.17) is 5.73 Å². The number of hydrogen-bond acceptors (Lipinski definition) is 5. The number of halogens is 1. The lowest BCUT2D eigenvalue weighted by atomic mass is 10.1. The van der Waals surface area contributed by atoms with Gasteiger partial charge in [0.2, 0.25) is 10.0 Å². The van der Waals surface area contributed by atoms with Crippen molar-refractivity contribution in [1.82, 2.24) is 4.72 Å². The van der Waals surface area contributed by atoms with E-state index in [1.54, 1.807) is 0 Å². The van der Waals surface area contributed by atoms with Gasteiger partial charge in [0.1, 0.15) is 0 Å². The lowest BCUT2D eigenvalue weighted by molar-refractivity contribution is -0.387. The molecule has 1 rings (SSSR count). The third-order valence-electron chi connectivity index (χ3n) is 2.77. The lowest BCUT2D eigenvalue weighted by Gasteiger charge is -2.18. The van der Waals surface area contributed by atoms with Crippen molar-refractivity contribution in [2.45, 2.75) is 31.2 Å². The molecule has 0 aliphatic carbocycles. The summed E-state index contributed by atoms with van der Waals surface area (Å²) in [7, 11) is -4.02. The molecular weight excluding hydrogens is 362 g/mol. The van der Waals surface area contributed by atoms with E-state index in [1.165, 1.54) is 12.1 Å². The molecule has 0 fully saturated rings. The Balaban J connectivity index is 3.18. The summed E-state index contributed by atoms with van der Waals surface area (Å²) < 4.78 is 27.6. The van der Waals surface area contributed by atoms with Gasteiger partial charge in [0.15, 0.2) is 4.90 Å². The van der Waals surface area contributed by atoms with E-state index >= 15 is 0 Å². The van der Waals surface area contributed by atoms with Crippen LogP contribution >= 0.6 is 15.9 Å². The van der Waals surface area contributed by atoms with E-state index in [0.29, 0.717) is 10.9 Å². The minimum atomic E-state index is -4.02. The molecule has 0 radical (unpaired) electrons. The third-order valence-corrected chi connectivity index (χ3v) is 4.81. The van der Waals surface area contributed by atoms with Gasteiger partial charge in [-0.25, -0.2) is 13.1 Å². The zero-order chi connectivity index (χ0) is 16.2. The van der Waals surface area contributed by atoms with Gasteiger partial charge in [-0.3, -0.25) is 10.1 Å². The molecule has 0 aromatic heterocycles. The van der Waals surface area contributed by atoms with E-state index in [-0.39, 0.29) is 17.4 Å². The predicted octanol–water partition coefficient (Wildman–Crippen LogP) is 2.01. The van der Waals surface area contributed by atoms with Crippen molar-refractivity contribution in [2.24, 2.45) is 11.7 Å². The summed E-state index contributed by atoms with van der Waals surface area (Å²) in [5.74, 6) is 0.249. The fourth-order valence-corrected chi connectivity index (χ4v) is 3.87. The van der Waals surface area contributed by atoms with Crippen molar-refractivity contribution in [1.29, 1.82) is 0 Å². The fourth-order valence-electron chi connectivity index (χ4n) is 1.90. The minimum Gasteiger partial charge on any atom is -0.329 e. The van der Waals surface area contributed by atoms with E-state index in [9.17, 15) is 18.5 Å². The number of hydrogen-bond donors (Lipinski definition) is 2. The summed E-state index contributed by atoms with van der Waals surface area (Å²) in [6.45, 7) is 4.01. The molecule has 1 unspecified atom stereocenters. The largest absolute Gasteiger partial charge is 0.329 e. The van der Waals surface area contributed by atoms with Crippen molar-refractivity contribution < 1.29 is 13.3 Å². The molecule has 0 spiro atoms. The molecule has 21 heavy (non-hydrogen) atoms. The Morgan fingerprint density at radius 3 is 2.52 bits per heavy atom. The van der Waals surface area contributed by atoms with Crippen LogP contribution in [0.2, 0.25) is 0 Å². The summed E-state index contributed by atoms with van der Waals surface area (Å²) in [5, 5.41) is 11.0. The highest BCUT2D eigenvalue weighted by molar-refractivity contribution is 9.10. The highest BCUT2D eigenvalue weighted by Crippen LogP contribution is 2.27. The minimum absolute atomic E-state index is 0.124. The maximum atomic E-state index is 12.4. The van der Waals surface area contributed by atoms with Crippen molar-refractivity contribution in [3.8, 4) is 0 Å². The zero-order valence-corrected chi connectivity index (χ0v) is 14.1. The number of nitrogens with zero attached hydrogens (tertiary/aromatic N) is 1. The first kappa shape index (κ1) is 18.0. The van der Waals surface area contributed by atoms with Crippen LogP contribution in [0.15, 0.2) is 27.6 Å². The highest BCUT2D eigenvalue weighted by atomic mass is 79.9. The summed E-state index contributed by atoms with van der Waals surface area (Å²) in [5.41, 5.74) is 5.10. The van der Waals surface area contributed by atoms with Crippen LogP contribution in [0.4, 0.5) is 5.69 Å². The van der Waals surface area contributed by atoms with Crippen LogP contribution in [0.25, 0.3) is 0 Å². The Labute approximate surface area is 132 Å². The lowest BCUT2D eigenvalue weighted by Crippen LogP contribution is -2.41. The van der Waals surface area contributed by atoms with E-state index in [1.807, 2.05) is 13.8 Å². The summed E-state index contributed by atoms with van der Waals surface area (Å²) >= 11 is 3.12. The number of sulfonamides is 1. The molecule has 7 nitrogen and oxygen atoms in total. The quantitative estimate of drug-likeness (QED) is 0.555. The molecule has 0 saturated carbocycles. The smallest absolute Gasteiger partial charge is 0.289 e. The Bertz CT molecular complexity index is 619. The summed E-state index contributed by atoms with van der Waals surface area (Å²) in [6.07, 6.45) is 0.553. The molecule has 9 heteroatoms. The highest BCUT2D eigenvalue weighted by Gasteiger charge is 2.28. The number of nitro groups is 1. The van der Waals surface area contributed by atoms with E-state index in [2.05, 4.69) is 20.7 Å². The van der Waals surface area contributed by atoms with E-state index in [0.717, 1.165) is 6.07 Å². The number of nitrogens with two attached hydrogens (primary N) is 1. The molecule has 0 aliphatic rings. The molecular formula is C12H18BrN3O4S. The maximum Gasteiger partial charge on any atom is 0.289 e. The molecule has 0 saturated heterocycles. The van der Waals surface area contributed by atoms with Gasteiger partial charge in [-0.15, -0.1) is 0 Å². The van der Waals surface area contributed by atoms with Gasteiger partial charge < -0.3 is 5.73 Å². The first-order valence-electron chi connectivity index (χ1n) is 6.33. The average molecular weight is 380 g/mol. The summed E-state index contributed by atoms with van der Waals surface area (Å²) in [4.78, 5) is 9.89. The fraction of sp³-hybridized carbons (Fsp3) is 0.500. The van der Waals surface area contributed by atoms with E-state index < -0.39 is 26.7 Å². The molecule has 118 valence electrons. The average Bonchev–Trinajstić information content (AvgIpc) is 2.36. The predicted molar refractivity (Wildman–Crippen MR) is 83.4 cm³/mol. The van der Waals surface area contributed by atoms with Gasteiger partial charge in [0.25, 0.3) is 5.69 Å². The van der Waals surface area contributed by atoms with Gasteiger partial charge in [-0.1, -0.05) is 29.8 Å². The monoisotopic (exact) mass is 379 g/mol. The molecule has 0 aliphatic heterocycles. The molecule has 0 amide bonds. The number of nitro benzene ring substituents is 1. The number of rotatable bonds is 7. The number of nitrogens with one attached hydrogen (secondary N) is 1. The van der Waals surface area contributed by atoms with Crippen LogP contribution in [-0.2, 0) is 10.0 Å². The molecule has 0 bridgehead atoms. The zero-order valence-electron chi connectivity index (χ0n) is 11.7. The Hall–Kier alpha value is -1.03. The number of benzene rings is 1. The maximum absolute atomic E-state index is 12.4. The SMILES string of the molecule is CC(C)CC(CN)NS(=O)(=O)c1cc(Br)ccc1[N+](=O)[O-]. The Morgan fingerprint density at radius 2 is 2.05 bits per heavy atom. The molecule has 1 aromatic carbocycles. The normalized spacial score (nSPS) is 13.4. The third kappa shape index (κ3) is 5.03. The first-order valence-corrected chi connectivity index (χ1v) is 8.61. The van der Waals surface area contributed by atoms with Crippen LogP contribution < -0.4 is 10.5 Å². The molecule has 3 N–H and O–H groups in total. The molecule has 0 heterocycles. The second-order valence-electron chi connectivity index (χ2n) is 5.05. The molecule has 1 atom stereocenters. The van der Waals surface area contributed by atoms with Crippen LogP contribution in [0, 0.1) is 16.0 Å². The summed E-state index contributed by atoms with van der Waals surface area (Å²) in [6, 6.07) is 3.32. The van der Waals surface area contributed by atoms with Crippen molar-refractivity contribution in [2.75, 3.05) is 6.54 Å². The van der Waals surface area contributed by atoms with Gasteiger partial charge >= 0.3 is 0 Å². The molecule has 1 aromatic rings. The van der Waals surface area contributed by atoms with Crippen LogP contribution in [-0.4, -0.2) is 25.9 Å². The first-order chi connectivity index (χ1) is 9.67. The Kier molecular flexibility index (Phi) is 6.26. The van der Waals surface area contributed by atoms with Gasteiger partial charge in [0, 0.05) is 23.1 Å².